The smallest absolute Gasteiger partial charge is 0.338 e. The minimum Gasteiger partial charge on any atom is -0.465 e. The third-order valence-corrected chi connectivity index (χ3v) is 7.97. The molecule has 0 aliphatic carbocycles. The summed E-state index contributed by atoms with van der Waals surface area (Å²) >= 11 is 4.73. The van der Waals surface area contributed by atoms with Crippen LogP contribution in [-0.4, -0.2) is 36.5 Å². The van der Waals surface area contributed by atoms with Gasteiger partial charge in [-0.25, -0.2) is 21.7 Å². The number of aryl methyl sites for hydroxylation is 2. The SMILES string of the molecule is COC(=O)c1cc(S(C)(=O)=O)c(N(c2sc3ccc(Cl)cc3c2C)S(=O)O)cc1C. The molecular formula is C19H18ClNO6S3. The molecule has 1 atom stereocenters. The zero-order valence-corrected chi connectivity index (χ0v) is 19.6. The van der Waals surface area contributed by atoms with Crippen molar-refractivity contribution >= 4 is 70.8 Å². The molecule has 2 aromatic carbocycles. The molecule has 0 fully saturated rings. The molecule has 0 aliphatic rings. The van der Waals surface area contributed by atoms with E-state index >= 15 is 0 Å². The van der Waals surface area contributed by atoms with E-state index in [-0.39, 0.29) is 16.1 Å². The van der Waals surface area contributed by atoms with Crippen LogP contribution >= 0.6 is 22.9 Å². The fourth-order valence-corrected chi connectivity index (χ4v) is 6.20. The Hall–Kier alpha value is -1.98. The zero-order chi connectivity index (χ0) is 22.4. The fourth-order valence-electron chi connectivity index (χ4n) is 3.10. The van der Waals surface area contributed by atoms with E-state index in [0.29, 0.717) is 21.2 Å². The molecule has 160 valence electrons. The van der Waals surface area contributed by atoms with Gasteiger partial charge in [0.2, 0.25) is 0 Å². The van der Waals surface area contributed by atoms with Gasteiger partial charge in [0.05, 0.1) is 23.3 Å². The molecule has 1 heterocycles. The molecule has 3 aromatic rings. The first-order valence-electron chi connectivity index (χ1n) is 8.48. The minimum absolute atomic E-state index is 0.00996. The highest BCUT2D eigenvalue weighted by atomic mass is 35.5. The number of halogens is 1. The number of methoxy groups -OCH3 is 1. The van der Waals surface area contributed by atoms with Gasteiger partial charge in [0.1, 0.15) is 5.00 Å². The molecule has 0 amide bonds. The van der Waals surface area contributed by atoms with Gasteiger partial charge in [0.25, 0.3) is 11.3 Å². The van der Waals surface area contributed by atoms with Crippen molar-refractivity contribution < 1.29 is 26.7 Å². The number of nitrogens with zero attached hydrogens (tertiary/aromatic N) is 1. The largest absolute Gasteiger partial charge is 0.465 e. The number of rotatable bonds is 5. The monoisotopic (exact) mass is 487 g/mol. The van der Waals surface area contributed by atoms with Gasteiger partial charge in [0, 0.05) is 16.0 Å². The molecule has 11 heteroatoms. The maximum atomic E-state index is 12.5. The lowest BCUT2D eigenvalue weighted by Crippen LogP contribution is -2.22. The average molecular weight is 488 g/mol. The molecule has 1 aromatic heterocycles. The lowest BCUT2D eigenvalue weighted by atomic mass is 10.1. The average Bonchev–Trinajstić information content (AvgIpc) is 2.96. The van der Waals surface area contributed by atoms with Gasteiger partial charge in [-0.05, 0) is 60.7 Å². The molecule has 30 heavy (non-hydrogen) atoms. The summed E-state index contributed by atoms with van der Waals surface area (Å²) in [5.74, 6) is -0.701. The molecule has 0 aliphatic heterocycles. The number of sulfone groups is 1. The minimum atomic E-state index is -3.86. The summed E-state index contributed by atoms with van der Waals surface area (Å²) in [5, 5.41) is 1.70. The first-order chi connectivity index (χ1) is 14.0. The normalized spacial score (nSPS) is 12.7. The van der Waals surface area contributed by atoms with E-state index in [2.05, 4.69) is 0 Å². The summed E-state index contributed by atoms with van der Waals surface area (Å²) in [6.45, 7) is 3.36. The van der Waals surface area contributed by atoms with Crippen LogP contribution < -0.4 is 4.31 Å². The van der Waals surface area contributed by atoms with Crippen molar-refractivity contribution in [1.29, 1.82) is 0 Å². The summed E-state index contributed by atoms with van der Waals surface area (Å²) in [6.07, 6.45) is 0.970. The van der Waals surface area contributed by atoms with E-state index in [4.69, 9.17) is 16.3 Å². The maximum Gasteiger partial charge on any atom is 0.338 e. The molecule has 0 radical (unpaired) electrons. The number of anilines is 2. The van der Waals surface area contributed by atoms with Crippen molar-refractivity contribution in [3.05, 3.63) is 52.0 Å². The second-order valence-electron chi connectivity index (χ2n) is 6.60. The number of carbonyl (C=O) groups is 1. The van der Waals surface area contributed by atoms with Crippen LogP contribution in [-0.2, 0) is 25.8 Å². The van der Waals surface area contributed by atoms with Crippen LogP contribution in [0.1, 0.15) is 21.5 Å². The van der Waals surface area contributed by atoms with Crippen molar-refractivity contribution in [3.63, 3.8) is 0 Å². The standard InChI is InChI=1S/C19H18ClNO6S3/c1-10-7-15(17(30(4,25)26)9-13(10)19(22)27-3)21(29(23)24)18-11(2)14-8-12(20)5-6-16(14)28-18/h5-9H,1-4H3,(H,23,24). The van der Waals surface area contributed by atoms with Crippen LogP contribution in [0.5, 0.6) is 0 Å². The lowest BCUT2D eigenvalue weighted by molar-refractivity contribution is 0.0599. The van der Waals surface area contributed by atoms with E-state index in [0.717, 1.165) is 20.6 Å². The molecule has 3 rings (SSSR count). The number of esters is 1. The Morgan fingerprint density at radius 1 is 1.23 bits per heavy atom. The highest BCUT2D eigenvalue weighted by molar-refractivity contribution is 7.91. The number of hydrogen-bond donors (Lipinski definition) is 1. The van der Waals surface area contributed by atoms with Gasteiger partial charge < -0.3 is 4.74 Å². The van der Waals surface area contributed by atoms with Crippen LogP contribution in [0.2, 0.25) is 5.02 Å². The van der Waals surface area contributed by atoms with Crippen molar-refractivity contribution in [2.45, 2.75) is 18.7 Å². The third kappa shape index (κ3) is 4.10. The number of carbonyl (C=O) groups excluding carboxylic acids is 1. The topological polar surface area (TPSA) is 101 Å². The number of hydrogen-bond acceptors (Lipinski definition) is 6. The Kier molecular flexibility index (Phi) is 6.26. The Bertz CT molecular complexity index is 1300. The Morgan fingerprint density at radius 2 is 1.90 bits per heavy atom. The van der Waals surface area contributed by atoms with Crippen molar-refractivity contribution in [2.24, 2.45) is 0 Å². The van der Waals surface area contributed by atoms with Crippen molar-refractivity contribution in [3.8, 4) is 0 Å². The first kappa shape index (κ1) is 22.7. The van der Waals surface area contributed by atoms with Gasteiger partial charge in [-0.1, -0.05) is 11.6 Å². The van der Waals surface area contributed by atoms with E-state index in [1.807, 2.05) is 0 Å². The van der Waals surface area contributed by atoms with Gasteiger partial charge in [-0.15, -0.1) is 11.3 Å². The van der Waals surface area contributed by atoms with Crippen LogP contribution in [0.25, 0.3) is 10.1 Å². The Morgan fingerprint density at radius 3 is 2.47 bits per heavy atom. The Balaban J connectivity index is 2.35. The van der Waals surface area contributed by atoms with E-state index in [1.165, 1.54) is 30.6 Å². The summed E-state index contributed by atoms with van der Waals surface area (Å²) in [5.41, 5.74) is 1.13. The molecule has 0 spiro atoms. The summed E-state index contributed by atoms with van der Waals surface area (Å²) in [7, 11) is -2.67. The maximum absolute atomic E-state index is 12.5. The molecule has 0 saturated carbocycles. The molecular weight excluding hydrogens is 470 g/mol. The zero-order valence-electron chi connectivity index (χ0n) is 16.4. The van der Waals surface area contributed by atoms with E-state index in [1.54, 1.807) is 32.0 Å². The van der Waals surface area contributed by atoms with E-state index in [9.17, 15) is 22.0 Å². The summed E-state index contributed by atoms with van der Waals surface area (Å²) in [6, 6.07) is 7.81. The number of benzene rings is 2. The van der Waals surface area contributed by atoms with Gasteiger partial charge in [-0.3, -0.25) is 4.55 Å². The van der Waals surface area contributed by atoms with Gasteiger partial charge in [-0.2, -0.15) is 0 Å². The second kappa shape index (κ2) is 8.27. The van der Waals surface area contributed by atoms with Crippen LogP contribution in [0.15, 0.2) is 35.2 Å². The van der Waals surface area contributed by atoms with Gasteiger partial charge >= 0.3 is 5.97 Å². The summed E-state index contributed by atoms with van der Waals surface area (Å²) in [4.78, 5) is 11.8. The lowest BCUT2D eigenvalue weighted by Gasteiger charge is -2.23. The first-order valence-corrected chi connectivity index (χ1v) is 12.6. The summed E-state index contributed by atoms with van der Waals surface area (Å²) < 4.78 is 54.1. The predicted octanol–water partition coefficient (Wildman–Crippen LogP) is 4.64. The predicted molar refractivity (Wildman–Crippen MR) is 120 cm³/mol. The number of fused-ring (bicyclic) bond motifs is 1. The van der Waals surface area contributed by atoms with Crippen LogP contribution in [0.3, 0.4) is 0 Å². The highest BCUT2D eigenvalue weighted by Crippen LogP contribution is 2.44. The molecule has 1 unspecified atom stereocenters. The molecule has 1 N–H and O–H groups in total. The van der Waals surface area contributed by atoms with Crippen molar-refractivity contribution in [1.82, 2.24) is 0 Å². The van der Waals surface area contributed by atoms with Crippen LogP contribution in [0, 0.1) is 13.8 Å². The molecule has 0 bridgehead atoms. The van der Waals surface area contributed by atoms with Gasteiger partial charge in [0.15, 0.2) is 9.84 Å². The Labute approximate surface area is 185 Å². The molecule has 0 saturated heterocycles. The number of thiophene rings is 1. The highest BCUT2D eigenvalue weighted by Gasteiger charge is 2.29. The number of ether oxygens (including phenoxy) is 1. The van der Waals surface area contributed by atoms with E-state index < -0.39 is 27.1 Å². The van der Waals surface area contributed by atoms with Crippen molar-refractivity contribution in [2.75, 3.05) is 17.7 Å². The quantitative estimate of drug-likeness (QED) is 0.415. The fraction of sp³-hybridized carbons (Fsp3) is 0.211. The second-order valence-corrected chi connectivity index (χ2v) is 10.9. The van der Waals surface area contributed by atoms with Crippen LogP contribution in [0.4, 0.5) is 10.7 Å². The molecule has 7 nitrogen and oxygen atoms in total. The third-order valence-electron chi connectivity index (χ3n) is 4.54.